The second-order valence-electron chi connectivity index (χ2n) is 6.62. The highest BCUT2D eigenvalue weighted by atomic mass is 35.5. The molecule has 0 saturated heterocycles. The Balaban J connectivity index is 1.60. The molecular formula is C24H17ClFNO4. The maximum Gasteiger partial charge on any atom is 0.363 e. The number of hydrogen-bond acceptors (Lipinski definition) is 5. The molecule has 0 aliphatic carbocycles. The van der Waals surface area contributed by atoms with Crippen LogP contribution in [0, 0.1) is 5.82 Å². The van der Waals surface area contributed by atoms with E-state index in [1.54, 1.807) is 48.5 Å². The van der Waals surface area contributed by atoms with Crippen LogP contribution in [-0.2, 0) is 16.1 Å². The molecule has 0 N–H and O–H groups in total. The van der Waals surface area contributed by atoms with Crippen LogP contribution < -0.4 is 9.47 Å². The van der Waals surface area contributed by atoms with E-state index in [4.69, 9.17) is 25.8 Å². The summed E-state index contributed by atoms with van der Waals surface area (Å²) in [5.74, 6) is -0.0781. The molecule has 0 bridgehead atoms. The normalized spacial score (nSPS) is 14.4. The van der Waals surface area contributed by atoms with E-state index in [2.05, 4.69) is 4.99 Å². The molecule has 0 unspecified atom stereocenters. The summed E-state index contributed by atoms with van der Waals surface area (Å²) < 4.78 is 30.2. The van der Waals surface area contributed by atoms with E-state index >= 15 is 0 Å². The third kappa shape index (κ3) is 4.59. The fourth-order valence-corrected chi connectivity index (χ4v) is 3.27. The Morgan fingerprint density at radius 3 is 2.58 bits per heavy atom. The highest BCUT2D eigenvalue weighted by Gasteiger charge is 2.24. The van der Waals surface area contributed by atoms with Gasteiger partial charge in [-0.1, -0.05) is 48.0 Å². The van der Waals surface area contributed by atoms with Gasteiger partial charge >= 0.3 is 5.97 Å². The zero-order chi connectivity index (χ0) is 21.8. The lowest BCUT2D eigenvalue weighted by Crippen LogP contribution is -2.05. The largest absolute Gasteiger partial charge is 0.493 e. The second-order valence-corrected chi connectivity index (χ2v) is 7.02. The van der Waals surface area contributed by atoms with Crippen molar-refractivity contribution in [1.82, 2.24) is 0 Å². The van der Waals surface area contributed by atoms with Crippen LogP contribution in [0.4, 0.5) is 4.39 Å². The van der Waals surface area contributed by atoms with Crippen molar-refractivity contribution < 1.29 is 23.4 Å². The van der Waals surface area contributed by atoms with Crippen LogP contribution >= 0.6 is 11.6 Å². The lowest BCUT2D eigenvalue weighted by atomic mass is 10.1. The number of ether oxygens (including phenoxy) is 3. The number of halogens is 2. The van der Waals surface area contributed by atoms with Gasteiger partial charge in [0.05, 0.1) is 12.1 Å². The van der Waals surface area contributed by atoms with Crippen molar-refractivity contribution in [1.29, 1.82) is 0 Å². The van der Waals surface area contributed by atoms with E-state index in [1.165, 1.54) is 13.2 Å². The monoisotopic (exact) mass is 437 g/mol. The average molecular weight is 438 g/mol. The van der Waals surface area contributed by atoms with Crippen molar-refractivity contribution in [3.05, 3.63) is 100.0 Å². The van der Waals surface area contributed by atoms with Gasteiger partial charge in [-0.15, -0.1) is 0 Å². The number of benzene rings is 3. The van der Waals surface area contributed by atoms with Gasteiger partial charge in [-0.2, -0.15) is 0 Å². The predicted octanol–water partition coefficient (Wildman–Crippen LogP) is 5.41. The molecular weight excluding hydrogens is 421 g/mol. The average Bonchev–Trinajstić information content (AvgIpc) is 3.14. The summed E-state index contributed by atoms with van der Waals surface area (Å²) in [7, 11) is 1.47. The molecule has 0 aromatic heterocycles. The smallest absolute Gasteiger partial charge is 0.363 e. The number of aliphatic imine (C=N–C) groups is 1. The number of esters is 1. The molecule has 31 heavy (non-hydrogen) atoms. The van der Waals surface area contributed by atoms with Crippen molar-refractivity contribution >= 4 is 29.5 Å². The Bertz CT molecular complexity index is 1190. The van der Waals surface area contributed by atoms with Gasteiger partial charge in [-0.3, -0.25) is 0 Å². The number of cyclic esters (lactones) is 1. The maximum atomic E-state index is 13.8. The summed E-state index contributed by atoms with van der Waals surface area (Å²) in [5.41, 5.74) is 1.80. The van der Waals surface area contributed by atoms with Gasteiger partial charge in [0, 0.05) is 11.1 Å². The first kappa shape index (κ1) is 20.6. The van der Waals surface area contributed by atoms with E-state index < -0.39 is 5.97 Å². The van der Waals surface area contributed by atoms with Crippen LogP contribution in [0.5, 0.6) is 11.5 Å². The number of carbonyl (C=O) groups excluding carboxylic acids is 1. The van der Waals surface area contributed by atoms with Gasteiger partial charge in [-0.25, -0.2) is 14.2 Å². The molecule has 0 saturated carbocycles. The Morgan fingerprint density at radius 2 is 1.84 bits per heavy atom. The molecule has 1 heterocycles. The first-order chi connectivity index (χ1) is 15.0. The number of hydrogen-bond donors (Lipinski definition) is 0. The van der Waals surface area contributed by atoms with Crippen LogP contribution in [0.3, 0.4) is 0 Å². The number of rotatable bonds is 6. The van der Waals surface area contributed by atoms with Crippen molar-refractivity contribution in [3.63, 3.8) is 0 Å². The van der Waals surface area contributed by atoms with E-state index in [0.717, 1.165) is 0 Å². The van der Waals surface area contributed by atoms with Gasteiger partial charge in [0.2, 0.25) is 5.90 Å². The van der Waals surface area contributed by atoms with Crippen LogP contribution in [0.15, 0.2) is 77.4 Å². The first-order valence-electron chi connectivity index (χ1n) is 9.37. The molecule has 7 heteroatoms. The lowest BCUT2D eigenvalue weighted by Gasteiger charge is -2.13. The summed E-state index contributed by atoms with van der Waals surface area (Å²) in [6.07, 6.45) is 1.55. The minimum Gasteiger partial charge on any atom is -0.493 e. The number of nitrogens with zero attached hydrogens (tertiary/aromatic N) is 1. The highest BCUT2D eigenvalue weighted by molar-refractivity contribution is 6.32. The van der Waals surface area contributed by atoms with Gasteiger partial charge in [0.1, 0.15) is 12.4 Å². The zero-order valence-corrected chi connectivity index (χ0v) is 17.2. The number of methoxy groups -OCH3 is 1. The molecule has 1 aliphatic rings. The summed E-state index contributed by atoms with van der Waals surface area (Å²) in [6, 6.07) is 18.7. The zero-order valence-electron chi connectivity index (χ0n) is 16.5. The van der Waals surface area contributed by atoms with Crippen LogP contribution in [0.1, 0.15) is 16.7 Å². The summed E-state index contributed by atoms with van der Waals surface area (Å²) in [4.78, 5) is 16.5. The topological polar surface area (TPSA) is 57.1 Å². The quantitative estimate of drug-likeness (QED) is 0.382. The summed E-state index contributed by atoms with van der Waals surface area (Å²) >= 11 is 6.39. The molecule has 0 fully saturated rings. The van der Waals surface area contributed by atoms with E-state index in [1.807, 2.05) is 18.2 Å². The summed E-state index contributed by atoms with van der Waals surface area (Å²) in [5, 5.41) is 0.251. The second kappa shape index (κ2) is 9.02. The molecule has 0 radical (unpaired) electrons. The van der Waals surface area contributed by atoms with Gasteiger partial charge < -0.3 is 14.2 Å². The molecule has 1 aliphatic heterocycles. The van der Waals surface area contributed by atoms with Crippen LogP contribution in [0.25, 0.3) is 6.08 Å². The van der Waals surface area contributed by atoms with Crippen molar-refractivity contribution in [3.8, 4) is 11.5 Å². The van der Waals surface area contributed by atoms with E-state index in [0.29, 0.717) is 22.4 Å². The Hall–Kier alpha value is -3.64. The SMILES string of the molecule is COc1cc(/C=C2\N=C(c3ccccc3)OC2=O)cc(Cl)c1OCc1ccccc1F. The van der Waals surface area contributed by atoms with Gasteiger partial charge in [-0.05, 0) is 42.0 Å². The standard InChI is InChI=1S/C24H17ClFNO4/c1-29-21-13-15(11-18(25)22(21)30-14-17-9-5-6-10-19(17)26)12-20-24(28)31-23(27-20)16-7-3-2-4-8-16/h2-13H,14H2,1H3/b20-12-. The molecule has 3 aromatic carbocycles. The van der Waals surface area contributed by atoms with Crippen molar-refractivity contribution in [2.24, 2.45) is 4.99 Å². The molecule has 4 rings (SSSR count). The van der Waals surface area contributed by atoms with Crippen molar-refractivity contribution in [2.45, 2.75) is 6.61 Å². The van der Waals surface area contributed by atoms with E-state index in [9.17, 15) is 9.18 Å². The Kier molecular flexibility index (Phi) is 6.00. The molecule has 0 atom stereocenters. The third-order valence-electron chi connectivity index (χ3n) is 4.53. The van der Waals surface area contributed by atoms with Crippen LogP contribution in [-0.4, -0.2) is 19.0 Å². The lowest BCUT2D eigenvalue weighted by molar-refractivity contribution is -0.129. The van der Waals surface area contributed by atoms with Crippen LogP contribution in [0.2, 0.25) is 5.02 Å². The minimum atomic E-state index is -0.561. The fraction of sp³-hybridized carbons (Fsp3) is 0.0833. The molecule has 3 aromatic rings. The fourth-order valence-electron chi connectivity index (χ4n) is 3.00. The molecule has 156 valence electrons. The van der Waals surface area contributed by atoms with Crippen molar-refractivity contribution in [2.75, 3.05) is 7.11 Å². The van der Waals surface area contributed by atoms with Gasteiger partial charge in [0.15, 0.2) is 17.2 Å². The number of carbonyl (C=O) groups is 1. The first-order valence-corrected chi connectivity index (χ1v) is 9.74. The highest BCUT2D eigenvalue weighted by Crippen LogP contribution is 2.38. The molecule has 0 amide bonds. The molecule has 5 nitrogen and oxygen atoms in total. The molecule has 0 spiro atoms. The predicted molar refractivity (Wildman–Crippen MR) is 116 cm³/mol. The van der Waals surface area contributed by atoms with Gasteiger partial charge in [0.25, 0.3) is 0 Å². The maximum absolute atomic E-state index is 13.8. The Morgan fingerprint density at radius 1 is 1.10 bits per heavy atom. The van der Waals surface area contributed by atoms with E-state index in [-0.39, 0.29) is 34.8 Å². The third-order valence-corrected chi connectivity index (χ3v) is 4.81. The Labute approximate surface area is 183 Å². The minimum absolute atomic E-state index is 0.0136. The summed E-state index contributed by atoms with van der Waals surface area (Å²) in [6.45, 7) is -0.0136.